The van der Waals surface area contributed by atoms with E-state index in [1.54, 1.807) is 29.5 Å². The van der Waals surface area contributed by atoms with Gasteiger partial charge in [-0.1, -0.05) is 37.3 Å². The molecule has 0 saturated heterocycles. The average Bonchev–Trinajstić information content (AvgIpc) is 3.13. The van der Waals surface area contributed by atoms with E-state index >= 15 is 0 Å². The Balaban J connectivity index is 0.000000575. The lowest BCUT2D eigenvalue weighted by Crippen LogP contribution is -2.24. The van der Waals surface area contributed by atoms with Gasteiger partial charge in [0.15, 0.2) is 11.4 Å². The van der Waals surface area contributed by atoms with Crippen molar-refractivity contribution in [1.29, 1.82) is 0 Å². The van der Waals surface area contributed by atoms with Crippen LogP contribution in [0.2, 0.25) is 0 Å². The van der Waals surface area contributed by atoms with Crippen LogP contribution in [0.5, 0.6) is 0 Å². The number of amides is 1. The van der Waals surface area contributed by atoms with Gasteiger partial charge in [-0.2, -0.15) is 0 Å². The van der Waals surface area contributed by atoms with E-state index < -0.39 is 0 Å². The number of nitrogens with zero attached hydrogens (tertiary/aromatic N) is 2. The highest BCUT2D eigenvalue weighted by Crippen LogP contribution is 2.27. The van der Waals surface area contributed by atoms with Gasteiger partial charge in [-0.05, 0) is 50.7 Å². The third-order valence-electron chi connectivity index (χ3n) is 4.02. The first-order valence-electron chi connectivity index (χ1n) is 9.86. The van der Waals surface area contributed by atoms with Crippen LogP contribution in [0.3, 0.4) is 0 Å². The molecule has 0 aliphatic carbocycles. The summed E-state index contributed by atoms with van der Waals surface area (Å²) in [5.41, 5.74) is 2.38. The standard InChI is InChI=1S/C18H18N4O2S.C4H11N/c1-11(2)20-18-22-14-7-6-12(8-16(14)25-18)9-19-17(24)15-5-3-4-13(10-23)21-15;1-4(2)5-3/h3-8,10-11H,9H2,1-2H3,(H,19,24)(H,20,22);4-5H,1-3H3. The number of aromatic nitrogens is 2. The average molecular weight is 428 g/mol. The molecule has 8 heteroatoms. The van der Waals surface area contributed by atoms with Crippen molar-refractivity contribution in [1.82, 2.24) is 20.6 Å². The van der Waals surface area contributed by atoms with Crippen LogP contribution in [0.15, 0.2) is 36.4 Å². The van der Waals surface area contributed by atoms with Crippen LogP contribution in [-0.4, -0.2) is 41.3 Å². The van der Waals surface area contributed by atoms with Gasteiger partial charge in [0.2, 0.25) is 0 Å². The zero-order valence-corrected chi connectivity index (χ0v) is 18.8. The topological polar surface area (TPSA) is 96.0 Å². The first-order chi connectivity index (χ1) is 14.3. The summed E-state index contributed by atoms with van der Waals surface area (Å²) in [7, 11) is 1.95. The molecule has 1 amide bonds. The Kier molecular flexibility index (Phi) is 8.89. The number of hydrogen-bond acceptors (Lipinski definition) is 7. The number of pyridine rings is 1. The molecule has 3 N–H and O–H groups in total. The largest absolute Gasteiger partial charge is 0.359 e. The van der Waals surface area contributed by atoms with Crippen LogP contribution in [0.4, 0.5) is 5.13 Å². The fourth-order valence-electron chi connectivity index (χ4n) is 2.30. The molecule has 1 aromatic carbocycles. The Morgan fingerprint density at radius 1 is 1.10 bits per heavy atom. The molecule has 0 radical (unpaired) electrons. The second-order valence-corrected chi connectivity index (χ2v) is 8.34. The van der Waals surface area contributed by atoms with Crippen LogP contribution < -0.4 is 16.0 Å². The summed E-state index contributed by atoms with van der Waals surface area (Å²) in [5, 5.41) is 10.0. The summed E-state index contributed by atoms with van der Waals surface area (Å²) in [6.07, 6.45) is 0.622. The number of carbonyl (C=O) groups excluding carboxylic acids is 2. The number of anilines is 1. The summed E-state index contributed by atoms with van der Waals surface area (Å²) in [6, 6.07) is 11.7. The maximum absolute atomic E-state index is 12.2. The zero-order chi connectivity index (χ0) is 22.1. The van der Waals surface area contributed by atoms with Crippen LogP contribution in [0.1, 0.15) is 54.2 Å². The molecule has 30 heavy (non-hydrogen) atoms. The Bertz CT molecular complexity index is 985. The Labute approximate surface area is 181 Å². The fraction of sp³-hybridized carbons (Fsp3) is 0.364. The number of carbonyl (C=O) groups is 2. The highest BCUT2D eigenvalue weighted by Gasteiger charge is 2.09. The second-order valence-electron chi connectivity index (χ2n) is 7.31. The predicted molar refractivity (Wildman–Crippen MR) is 123 cm³/mol. The van der Waals surface area contributed by atoms with Gasteiger partial charge in [0.1, 0.15) is 11.4 Å². The number of fused-ring (bicyclic) bond motifs is 1. The highest BCUT2D eigenvalue weighted by molar-refractivity contribution is 7.22. The van der Waals surface area contributed by atoms with Crippen LogP contribution in [0.25, 0.3) is 10.2 Å². The van der Waals surface area contributed by atoms with Gasteiger partial charge in [0.05, 0.1) is 10.2 Å². The Hall–Kier alpha value is -2.84. The molecule has 2 heterocycles. The molecule has 0 bridgehead atoms. The van der Waals surface area contributed by atoms with Crippen molar-refractivity contribution in [2.24, 2.45) is 0 Å². The normalized spacial score (nSPS) is 10.6. The van der Waals surface area contributed by atoms with E-state index in [-0.39, 0.29) is 17.3 Å². The molecular weight excluding hydrogens is 398 g/mol. The number of nitrogens with one attached hydrogen (secondary N) is 3. The van der Waals surface area contributed by atoms with E-state index in [1.807, 2.05) is 25.2 Å². The minimum absolute atomic E-state index is 0.229. The molecule has 0 unspecified atom stereocenters. The van der Waals surface area contributed by atoms with E-state index in [0.29, 0.717) is 24.9 Å². The molecule has 0 saturated carbocycles. The minimum Gasteiger partial charge on any atom is -0.359 e. The van der Waals surface area contributed by atoms with Crippen molar-refractivity contribution in [2.45, 2.75) is 46.3 Å². The maximum Gasteiger partial charge on any atom is 0.270 e. The summed E-state index contributed by atoms with van der Waals surface area (Å²) in [4.78, 5) is 31.4. The molecule has 0 fully saturated rings. The van der Waals surface area contributed by atoms with E-state index in [2.05, 4.69) is 53.6 Å². The van der Waals surface area contributed by atoms with Crippen LogP contribution >= 0.6 is 11.3 Å². The lowest BCUT2D eigenvalue weighted by molar-refractivity contribution is 0.0946. The quantitative estimate of drug-likeness (QED) is 0.496. The predicted octanol–water partition coefficient (Wildman–Crippen LogP) is 3.87. The number of hydrogen-bond donors (Lipinski definition) is 3. The van der Waals surface area contributed by atoms with Crippen molar-refractivity contribution < 1.29 is 9.59 Å². The summed E-state index contributed by atoms with van der Waals surface area (Å²) in [5.74, 6) is -0.310. The Morgan fingerprint density at radius 3 is 2.47 bits per heavy atom. The number of rotatable bonds is 7. The Morgan fingerprint density at radius 2 is 1.83 bits per heavy atom. The van der Waals surface area contributed by atoms with Crippen LogP contribution in [-0.2, 0) is 6.54 Å². The lowest BCUT2D eigenvalue weighted by Gasteiger charge is -2.05. The first kappa shape index (κ1) is 23.4. The van der Waals surface area contributed by atoms with E-state index in [1.165, 1.54) is 0 Å². The number of thiazole rings is 1. The number of benzene rings is 1. The molecule has 7 nitrogen and oxygen atoms in total. The van der Waals surface area contributed by atoms with Gasteiger partial charge < -0.3 is 16.0 Å². The summed E-state index contributed by atoms with van der Waals surface area (Å²) >= 11 is 1.59. The number of aldehydes is 1. The molecular formula is C22H29N5O2S. The molecule has 0 aliphatic heterocycles. The molecule has 0 aliphatic rings. The van der Waals surface area contributed by atoms with E-state index in [0.717, 1.165) is 20.9 Å². The molecule has 2 aromatic heterocycles. The van der Waals surface area contributed by atoms with Gasteiger partial charge in [0.25, 0.3) is 5.91 Å². The van der Waals surface area contributed by atoms with Crippen molar-refractivity contribution in [3.8, 4) is 0 Å². The lowest BCUT2D eigenvalue weighted by atomic mass is 10.2. The zero-order valence-electron chi connectivity index (χ0n) is 18.0. The van der Waals surface area contributed by atoms with Crippen molar-refractivity contribution in [2.75, 3.05) is 12.4 Å². The van der Waals surface area contributed by atoms with Gasteiger partial charge >= 0.3 is 0 Å². The summed E-state index contributed by atoms with van der Waals surface area (Å²) < 4.78 is 1.07. The smallest absolute Gasteiger partial charge is 0.270 e. The van der Waals surface area contributed by atoms with E-state index in [9.17, 15) is 9.59 Å². The minimum atomic E-state index is -0.310. The third-order valence-corrected chi connectivity index (χ3v) is 4.97. The summed E-state index contributed by atoms with van der Waals surface area (Å²) in [6.45, 7) is 8.74. The molecule has 0 atom stereocenters. The second kappa shape index (κ2) is 11.4. The van der Waals surface area contributed by atoms with Gasteiger partial charge in [-0.15, -0.1) is 0 Å². The van der Waals surface area contributed by atoms with Crippen molar-refractivity contribution >= 4 is 38.9 Å². The maximum atomic E-state index is 12.2. The highest BCUT2D eigenvalue weighted by atomic mass is 32.1. The molecule has 3 aromatic rings. The van der Waals surface area contributed by atoms with Gasteiger partial charge in [-0.3, -0.25) is 9.59 Å². The third kappa shape index (κ3) is 7.20. The van der Waals surface area contributed by atoms with Gasteiger partial charge in [-0.25, -0.2) is 9.97 Å². The molecule has 0 spiro atoms. The van der Waals surface area contributed by atoms with Gasteiger partial charge in [0, 0.05) is 18.6 Å². The van der Waals surface area contributed by atoms with Crippen molar-refractivity contribution in [3.63, 3.8) is 0 Å². The van der Waals surface area contributed by atoms with Crippen LogP contribution in [0, 0.1) is 0 Å². The molecule has 3 rings (SSSR count). The SMILES string of the molecule is CC(C)Nc1nc2ccc(CNC(=O)c3cccc(C=O)n3)cc2s1.CNC(C)C. The molecule has 160 valence electrons. The monoisotopic (exact) mass is 427 g/mol. The fourth-order valence-corrected chi connectivity index (χ4v) is 3.38. The van der Waals surface area contributed by atoms with Crippen molar-refractivity contribution in [3.05, 3.63) is 53.3 Å². The van der Waals surface area contributed by atoms with E-state index in [4.69, 9.17) is 0 Å². The first-order valence-corrected chi connectivity index (χ1v) is 10.7.